The van der Waals surface area contributed by atoms with Gasteiger partial charge in [0.2, 0.25) is 0 Å². The van der Waals surface area contributed by atoms with Crippen molar-refractivity contribution >= 4 is 0 Å². The van der Waals surface area contributed by atoms with Crippen LogP contribution in [0.1, 0.15) is 20.8 Å². The molecule has 0 heteroatoms. The monoisotopic (exact) mass is 148 g/mol. The fourth-order valence-electron chi connectivity index (χ4n) is 0.680. The Balaban J connectivity index is 4.23. The zero-order chi connectivity index (χ0) is 8.69. The Morgan fingerprint density at radius 2 is 1.82 bits per heavy atom. The van der Waals surface area contributed by atoms with Gasteiger partial charge >= 0.3 is 0 Å². The number of rotatable bonds is 3. The van der Waals surface area contributed by atoms with Crippen LogP contribution in [0.5, 0.6) is 0 Å². The van der Waals surface area contributed by atoms with Gasteiger partial charge in [-0.3, -0.25) is 0 Å². The van der Waals surface area contributed by atoms with Crippen LogP contribution in [0.15, 0.2) is 48.1 Å². The van der Waals surface area contributed by atoms with Gasteiger partial charge in [-0.05, 0) is 31.9 Å². The van der Waals surface area contributed by atoms with Crippen molar-refractivity contribution in [3.63, 3.8) is 0 Å². The van der Waals surface area contributed by atoms with E-state index in [4.69, 9.17) is 0 Å². The molecule has 11 heavy (non-hydrogen) atoms. The molecule has 0 aliphatic heterocycles. The van der Waals surface area contributed by atoms with Crippen LogP contribution in [0.2, 0.25) is 0 Å². The van der Waals surface area contributed by atoms with Crippen LogP contribution < -0.4 is 0 Å². The van der Waals surface area contributed by atoms with Gasteiger partial charge in [-0.15, -0.1) is 0 Å². The lowest BCUT2D eigenvalue weighted by molar-refractivity contribution is 1.43. The van der Waals surface area contributed by atoms with Gasteiger partial charge < -0.3 is 0 Å². The van der Waals surface area contributed by atoms with Crippen molar-refractivity contribution in [1.82, 2.24) is 0 Å². The van der Waals surface area contributed by atoms with Crippen molar-refractivity contribution in [2.75, 3.05) is 0 Å². The van der Waals surface area contributed by atoms with Gasteiger partial charge in [0.05, 0.1) is 0 Å². The van der Waals surface area contributed by atoms with Gasteiger partial charge in [-0.25, -0.2) is 0 Å². The van der Waals surface area contributed by atoms with Crippen molar-refractivity contribution < 1.29 is 0 Å². The third kappa shape index (κ3) is 4.38. The van der Waals surface area contributed by atoms with E-state index in [2.05, 4.69) is 19.6 Å². The first kappa shape index (κ1) is 9.96. The van der Waals surface area contributed by atoms with Crippen LogP contribution in [0.25, 0.3) is 0 Å². The van der Waals surface area contributed by atoms with Gasteiger partial charge in [0.15, 0.2) is 0 Å². The fourth-order valence-corrected chi connectivity index (χ4v) is 0.680. The van der Waals surface area contributed by atoms with Crippen molar-refractivity contribution in [3.05, 3.63) is 48.1 Å². The lowest BCUT2D eigenvalue weighted by Crippen LogP contribution is -1.76. The molecular weight excluding hydrogens is 132 g/mol. The van der Waals surface area contributed by atoms with Gasteiger partial charge in [-0.1, -0.05) is 37.0 Å². The molecule has 0 radical (unpaired) electrons. The van der Waals surface area contributed by atoms with Gasteiger partial charge in [0.1, 0.15) is 0 Å². The summed E-state index contributed by atoms with van der Waals surface area (Å²) in [6.45, 7) is 9.96. The van der Waals surface area contributed by atoms with Crippen molar-refractivity contribution in [1.29, 1.82) is 0 Å². The average Bonchev–Trinajstić information content (AvgIpc) is 2.00. The summed E-state index contributed by atoms with van der Waals surface area (Å²) >= 11 is 0. The second kappa shape index (κ2) is 5.72. The number of allylic oxidation sites excluding steroid dienone is 7. The molecule has 0 spiro atoms. The predicted octanol–water partition coefficient (Wildman–Crippen LogP) is 3.64. The highest BCUT2D eigenvalue weighted by atomic mass is 13.9. The molecule has 0 nitrogen and oxygen atoms in total. The first-order chi connectivity index (χ1) is 5.22. The molecule has 0 saturated heterocycles. The quantitative estimate of drug-likeness (QED) is 0.536. The van der Waals surface area contributed by atoms with E-state index in [-0.39, 0.29) is 0 Å². The Bertz CT molecular complexity index is 202. The van der Waals surface area contributed by atoms with E-state index in [1.165, 1.54) is 5.57 Å². The van der Waals surface area contributed by atoms with Crippen LogP contribution >= 0.6 is 0 Å². The minimum atomic E-state index is 1.07. The standard InChI is InChI=1S/C11H16/c1-5-7-9-11(4)10(3)8-6-2/h5-9H,3H2,1-2,4H3/b7-5-,8-6-,11-9-. The molecule has 0 heterocycles. The molecule has 0 atom stereocenters. The Morgan fingerprint density at radius 1 is 1.18 bits per heavy atom. The minimum Gasteiger partial charge on any atom is -0.0915 e. The molecule has 0 fully saturated rings. The summed E-state index contributed by atoms with van der Waals surface area (Å²) in [6, 6.07) is 0. The van der Waals surface area contributed by atoms with Gasteiger partial charge in [0.25, 0.3) is 0 Å². The van der Waals surface area contributed by atoms with Gasteiger partial charge in [-0.2, -0.15) is 0 Å². The lowest BCUT2D eigenvalue weighted by atomic mass is 10.1. The van der Waals surface area contributed by atoms with E-state index in [9.17, 15) is 0 Å². The smallest absolute Gasteiger partial charge is 0.0303 e. The lowest BCUT2D eigenvalue weighted by Gasteiger charge is -1.96. The normalized spacial score (nSPS) is 13.2. The van der Waals surface area contributed by atoms with E-state index in [0.29, 0.717) is 0 Å². The number of hydrogen-bond acceptors (Lipinski definition) is 0. The summed E-state index contributed by atoms with van der Waals surface area (Å²) < 4.78 is 0. The van der Waals surface area contributed by atoms with Crippen LogP contribution in [0.4, 0.5) is 0 Å². The first-order valence-electron chi connectivity index (χ1n) is 3.84. The summed E-state index contributed by atoms with van der Waals surface area (Å²) in [4.78, 5) is 0. The summed E-state index contributed by atoms with van der Waals surface area (Å²) in [7, 11) is 0. The molecule has 0 aromatic rings. The topological polar surface area (TPSA) is 0 Å². The molecule has 0 aromatic carbocycles. The van der Waals surface area contributed by atoms with Crippen LogP contribution in [0, 0.1) is 0 Å². The van der Waals surface area contributed by atoms with Crippen LogP contribution in [0.3, 0.4) is 0 Å². The Hall–Kier alpha value is -1.04. The van der Waals surface area contributed by atoms with E-state index in [0.717, 1.165) is 5.57 Å². The molecule has 0 aliphatic rings. The largest absolute Gasteiger partial charge is 0.0915 e. The molecular formula is C11H16. The van der Waals surface area contributed by atoms with Crippen molar-refractivity contribution in [3.8, 4) is 0 Å². The maximum atomic E-state index is 3.91. The predicted molar refractivity (Wildman–Crippen MR) is 52.5 cm³/mol. The highest BCUT2D eigenvalue weighted by molar-refractivity contribution is 5.37. The Morgan fingerprint density at radius 3 is 2.27 bits per heavy atom. The third-order valence-electron chi connectivity index (χ3n) is 1.41. The summed E-state index contributed by atoms with van der Waals surface area (Å²) in [5, 5.41) is 0. The molecule has 0 N–H and O–H groups in total. The van der Waals surface area contributed by atoms with Gasteiger partial charge in [0, 0.05) is 0 Å². The van der Waals surface area contributed by atoms with E-state index >= 15 is 0 Å². The highest BCUT2D eigenvalue weighted by Gasteiger charge is 1.87. The average molecular weight is 148 g/mol. The SMILES string of the molecule is C=C(/C=C\C)/C(C)=C\C=C/C. The molecule has 0 saturated carbocycles. The summed E-state index contributed by atoms with van der Waals surface area (Å²) in [5.41, 5.74) is 2.28. The fraction of sp³-hybridized carbons (Fsp3) is 0.273. The molecule has 0 aromatic heterocycles. The highest BCUT2D eigenvalue weighted by Crippen LogP contribution is 2.07. The molecule has 0 rings (SSSR count). The van der Waals surface area contributed by atoms with E-state index in [1.807, 2.05) is 38.2 Å². The molecule has 0 amide bonds. The molecule has 0 aliphatic carbocycles. The zero-order valence-electron chi connectivity index (χ0n) is 7.59. The maximum absolute atomic E-state index is 3.91. The number of hydrogen-bond donors (Lipinski definition) is 0. The Labute approximate surface area is 69.6 Å². The molecule has 0 unspecified atom stereocenters. The minimum absolute atomic E-state index is 1.07. The Kier molecular flexibility index (Phi) is 5.18. The summed E-state index contributed by atoms with van der Waals surface area (Å²) in [5.74, 6) is 0. The molecule has 0 bridgehead atoms. The first-order valence-corrected chi connectivity index (χ1v) is 3.84. The molecule has 60 valence electrons. The third-order valence-corrected chi connectivity index (χ3v) is 1.41. The van der Waals surface area contributed by atoms with E-state index < -0.39 is 0 Å². The van der Waals surface area contributed by atoms with Crippen molar-refractivity contribution in [2.24, 2.45) is 0 Å². The van der Waals surface area contributed by atoms with Crippen molar-refractivity contribution in [2.45, 2.75) is 20.8 Å². The second-order valence-corrected chi connectivity index (χ2v) is 2.40. The summed E-state index contributed by atoms with van der Waals surface area (Å²) in [6.07, 6.45) is 10.1. The van der Waals surface area contributed by atoms with E-state index in [1.54, 1.807) is 0 Å². The zero-order valence-corrected chi connectivity index (χ0v) is 7.59. The van der Waals surface area contributed by atoms with Crippen LogP contribution in [-0.4, -0.2) is 0 Å². The maximum Gasteiger partial charge on any atom is -0.0303 e. The van der Waals surface area contributed by atoms with Crippen LogP contribution in [-0.2, 0) is 0 Å². The second-order valence-electron chi connectivity index (χ2n) is 2.40.